The highest BCUT2D eigenvalue weighted by Gasteiger charge is 2.42. The molecule has 0 aliphatic heterocycles. The van der Waals surface area contributed by atoms with Crippen molar-refractivity contribution in [3.63, 3.8) is 0 Å². The Hall–Kier alpha value is -0.0900. The van der Waals surface area contributed by atoms with Gasteiger partial charge in [-0.05, 0) is 19.3 Å². The highest BCUT2D eigenvalue weighted by Crippen LogP contribution is 2.38. The van der Waals surface area contributed by atoms with Crippen molar-refractivity contribution in [2.45, 2.75) is 45.6 Å². The van der Waals surface area contributed by atoms with E-state index in [1.54, 1.807) is 0 Å². The van der Waals surface area contributed by atoms with Crippen LogP contribution in [0.2, 0.25) is 0 Å². The van der Waals surface area contributed by atoms with E-state index >= 15 is 0 Å². The Balaban J connectivity index is 0.000000561. The van der Waals surface area contributed by atoms with Crippen molar-refractivity contribution in [3.05, 3.63) is 0 Å². The van der Waals surface area contributed by atoms with Crippen LogP contribution in [0.1, 0.15) is 40.0 Å². The maximum Gasteiger partial charge on any atom is 0.209 e. The summed E-state index contributed by atoms with van der Waals surface area (Å²) >= 11 is 0. The van der Waals surface area contributed by atoms with E-state index in [4.69, 9.17) is 0 Å². The summed E-state index contributed by atoms with van der Waals surface area (Å²) in [5.74, 6) is 0. The van der Waals surface area contributed by atoms with E-state index in [1.807, 2.05) is 20.8 Å². The zero-order chi connectivity index (χ0) is 9.83. The number of sulfonamides is 1. The smallest absolute Gasteiger partial charge is 0.209 e. The van der Waals surface area contributed by atoms with Crippen LogP contribution in [0.25, 0.3) is 0 Å². The third kappa shape index (κ3) is 4.07. The van der Waals surface area contributed by atoms with E-state index in [2.05, 4.69) is 4.72 Å². The van der Waals surface area contributed by atoms with Crippen LogP contribution in [0, 0.1) is 0 Å². The zero-order valence-corrected chi connectivity index (χ0v) is 9.16. The van der Waals surface area contributed by atoms with Crippen molar-refractivity contribution in [1.29, 1.82) is 0 Å². The molecule has 1 N–H and O–H groups in total. The average Bonchev–Trinajstić information content (AvgIpc) is 2.71. The molecule has 1 aliphatic rings. The molecule has 0 aromatic rings. The Morgan fingerprint density at radius 3 is 1.83 bits per heavy atom. The maximum absolute atomic E-state index is 10.7. The van der Waals surface area contributed by atoms with Crippen molar-refractivity contribution in [1.82, 2.24) is 4.72 Å². The third-order valence-corrected chi connectivity index (χ3v) is 2.74. The Labute approximate surface area is 75.6 Å². The van der Waals surface area contributed by atoms with Crippen LogP contribution >= 0.6 is 0 Å². The summed E-state index contributed by atoms with van der Waals surface area (Å²) in [6.45, 7) is 6.01. The molecule has 3 nitrogen and oxygen atoms in total. The second-order valence-corrected chi connectivity index (χ2v) is 4.76. The standard InChI is InChI=1S/C6H13NO2S.C2H6/c1-3-6(4-5-6)7-10(2,8)9;1-2/h7H,3-5H2,1-2H3;1-2H3. The molecule has 74 valence electrons. The fourth-order valence-electron chi connectivity index (χ4n) is 1.07. The Morgan fingerprint density at radius 1 is 1.33 bits per heavy atom. The Bertz CT molecular complexity index is 217. The Morgan fingerprint density at radius 2 is 1.75 bits per heavy atom. The summed E-state index contributed by atoms with van der Waals surface area (Å²) in [7, 11) is -2.98. The lowest BCUT2D eigenvalue weighted by Gasteiger charge is -2.11. The average molecular weight is 193 g/mol. The lowest BCUT2D eigenvalue weighted by atomic mass is 10.2. The van der Waals surface area contributed by atoms with Crippen molar-refractivity contribution in [2.75, 3.05) is 6.26 Å². The largest absolute Gasteiger partial charge is 0.213 e. The van der Waals surface area contributed by atoms with Gasteiger partial charge in [0.2, 0.25) is 10.0 Å². The van der Waals surface area contributed by atoms with Crippen LogP contribution in [0.5, 0.6) is 0 Å². The molecule has 0 saturated heterocycles. The molecule has 4 heteroatoms. The lowest BCUT2D eigenvalue weighted by Crippen LogP contribution is -2.35. The number of hydrogen-bond acceptors (Lipinski definition) is 2. The second-order valence-electron chi connectivity index (χ2n) is 3.01. The van der Waals surface area contributed by atoms with Gasteiger partial charge in [0.15, 0.2) is 0 Å². The highest BCUT2D eigenvalue weighted by atomic mass is 32.2. The van der Waals surface area contributed by atoms with Gasteiger partial charge in [0, 0.05) is 5.54 Å². The van der Waals surface area contributed by atoms with Crippen molar-refractivity contribution in [2.24, 2.45) is 0 Å². The molecule has 0 spiro atoms. The summed E-state index contributed by atoms with van der Waals surface area (Å²) in [4.78, 5) is 0. The van der Waals surface area contributed by atoms with Crippen LogP contribution in [0.15, 0.2) is 0 Å². The SMILES string of the molecule is CC.CCC1(NS(C)(=O)=O)CC1. The molecule has 0 bridgehead atoms. The van der Waals surface area contributed by atoms with Crippen molar-refractivity contribution in [3.8, 4) is 0 Å². The summed E-state index contributed by atoms with van der Waals surface area (Å²) in [5.41, 5.74) is -0.0619. The van der Waals surface area contributed by atoms with Gasteiger partial charge in [0.05, 0.1) is 6.26 Å². The Kier molecular flexibility index (Phi) is 4.20. The molecule has 1 fully saturated rings. The van der Waals surface area contributed by atoms with E-state index in [9.17, 15) is 8.42 Å². The van der Waals surface area contributed by atoms with Crippen LogP contribution < -0.4 is 4.72 Å². The third-order valence-electron chi connectivity index (χ3n) is 1.93. The summed E-state index contributed by atoms with van der Waals surface area (Å²) < 4.78 is 24.1. The summed E-state index contributed by atoms with van der Waals surface area (Å²) in [6.07, 6.45) is 4.11. The summed E-state index contributed by atoms with van der Waals surface area (Å²) in [5, 5.41) is 0. The molecule has 0 amide bonds. The van der Waals surface area contributed by atoms with Gasteiger partial charge in [0.25, 0.3) is 0 Å². The van der Waals surface area contributed by atoms with E-state index < -0.39 is 10.0 Å². The number of nitrogens with one attached hydrogen (secondary N) is 1. The number of rotatable bonds is 3. The van der Waals surface area contributed by atoms with Crippen LogP contribution in [0.4, 0.5) is 0 Å². The van der Waals surface area contributed by atoms with Gasteiger partial charge in [-0.1, -0.05) is 20.8 Å². The van der Waals surface area contributed by atoms with E-state index in [0.29, 0.717) is 0 Å². The van der Waals surface area contributed by atoms with Crippen LogP contribution in [0.3, 0.4) is 0 Å². The molecule has 1 rings (SSSR count). The molecule has 1 saturated carbocycles. The maximum atomic E-state index is 10.7. The van der Waals surface area contributed by atoms with Crippen LogP contribution in [-0.2, 0) is 10.0 Å². The van der Waals surface area contributed by atoms with E-state index in [0.717, 1.165) is 19.3 Å². The lowest BCUT2D eigenvalue weighted by molar-refractivity contribution is 0.537. The first-order valence-electron chi connectivity index (χ1n) is 4.46. The molecular weight excluding hydrogens is 174 g/mol. The molecular formula is C8H19NO2S. The van der Waals surface area contributed by atoms with Gasteiger partial charge in [-0.2, -0.15) is 0 Å². The topological polar surface area (TPSA) is 46.2 Å². The van der Waals surface area contributed by atoms with E-state index in [-0.39, 0.29) is 5.54 Å². The van der Waals surface area contributed by atoms with Crippen LogP contribution in [-0.4, -0.2) is 20.2 Å². The molecule has 0 heterocycles. The minimum absolute atomic E-state index is 0.0619. The molecule has 0 unspecified atom stereocenters. The second kappa shape index (κ2) is 4.23. The van der Waals surface area contributed by atoms with E-state index in [1.165, 1.54) is 6.26 Å². The minimum Gasteiger partial charge on any atom is -0.213 e. The number of hydrogen-bond donors (Lipinski definition) is 1. The predicted molar refractivity (Wildman–Crippen MR) is 51.6 cm³/mol. The molecule has 12 heavy (non-hydrogen) atoms. The molecule has 0 radical (unpaired) electrons. The predicted octanol–water partition coefficient (Wildman–Crippen LogP) is 1.50. The molecule has 0 aromatic carbocycles. The molecule has 0 atom stereocenters. The van der Waals surface area contributed by atoms with Gasteiger partial charge in [-0.25, -0.2) is 13.1 Å². The monoisotopic (exact) mass is 193 g/mol. The molecule has 1 aliphatic carbocycles. The van der Waals surface area contributed by atoms with Crippen molar-refractivity contribution < 1.29 is 8.42 Å². The summed E-state index contributed by atoms with van der Waals surface area (Å²) in [6, 6.07) is 0. The quantitative estimate of drug-likeness (QED) is 0.738. The fourth-order valence-corrected chi connectivity index (χ4v) is 2.21. The first-order chi connectivity index (χ1) is 5.47. The first-order valence-corrected chi connectivity index (χ1v) is 6.35. The fraction of sp³-hybridized carbons (Fsp3) is 1.00. The van der Waals surface area contributed by atoms with Gasteiger partial charge < -0.3 is 0 Å². The van der Waals surface area contributed by atoms with Gasteiger partial charge in [0.1, 0.15) is 0 Å². The molecule has 0 aromatic heterocycles. The van der Waals surface area contributed by atoms with Gasteiger partial charge >= 0.3 is 0 Å². The van der Waals surface area contributed by atoms with Gasteiger partial charge in [-0.15, -0.1) is 0 Å². The zero-order valence-electron chi connectivity index (χ0n) is 8.35. The highest BCUT2D eigenvalue weighted by molar-refractivity contribution is 7.88. The normalized spacial score (nSPS) is 19.3. The first kappa shape index (κ1) is 11.9. The minimum atomic E-state index is -2.98. The van der Waals surface area contributed by atoms with Crippen molar-refractivity contribution >= 4 is 10.0 Å². The van der Waals surface area contributed by atoms with Gasteiger partial charge in [-0.3, -0.25) is 0 Å².